The van der Waals surface area contributed by atoms with Crippen LogP contribution in [0.4, 0.5) is 14.5 Å². The van der Waals surface area contributed by atoms with Crippen LogP contribution in [0, 0.1) is 11.6 Å². The van der Waals surface area contributed by atoms with Gasteiger partial charge >= 0.3 is 0 Å². The van der Waals surface area contributed by atoms with Crippen LogP contribution in [-0.2, 0) is 23.0 Å². The Morgan fingerprint density at radius 2 is 1.90 bits per heavy atom. The largest absolute Gasteiger partial charge is 0.322 e. The van der Waals surface area contributed by atoms with Gasteiger partial charge in [-0.05, 0) is 53.3 Å². The standard InChI is InChI=1S/C20H16F2N2O3S2/c21-15-4-6-17(18(22)11-15)20(25)23-16-5-3-13-7-8-24(12-14(13)10-16)29(26,27)19-2-1-9-28-19/h1-6,9-11H,7-8,12H2,(H,23,25). The summed E-state index contributed by atoms with van der Waals surface area (Å²) in [6, 6.07) is 11.2. The third-order valence-electron chi connectivity index (χ3n) is 4.71. The molecule has 1 amide bonds. The Morgan fingerprint density at radius 1 is 1.07 bits per heavy atom. The van der Waals surface area contributed by atoms with Crippen LogP contribution in [0.2, 0.25) is 0 Å². The summed E-state index contributed by atoms with van der Waals surface area (Å²) >= 11 is 1.17. The molecule has 0 fully saturated rings. The number of halogens is 2. The number of carbonyl (C=O) groups is 1. The minimum atomic E-state index is -3.57. The molecule has 1 aliphatic heterocycles. The number of hydrogen-bond donors (Lipinski definition) is 1. The molecule has 0 saturated carbocycles. The summed E-state index contributed by atoms with van der Waals surface area (Å²) in [6.45, 7) is 0.559. The molecule has 9 heteroatoms. The predicted octanol–water partition coefficient (Wildman–Crippen LogP) is 4.03. The number of nitrogens with zero attached hydrogens (tertiary/aromatic N) is 1. The molecule has 2 aromatic carbocycles. The summed E-state index contributed by atoms with van der Waals surface area (Å²) in [5.74, 6) is -2.42. The molecule has 0 unspecified atom stereocenters. The van der Waals surface area contributed by atoms with Crippen molar-refractivity contribution in [2.45, 2.75) is 17.2 Å². The third kappa shape index (κ3) is 3.93. The number of hydrogen-bond acceptors (Lipinski definition) is 4. The van der Waals surface area contributed by atoms with Crippen LogP contribution >= 0.6 is 11.3 Å². The van der Waals surface area contributed by atoms with Crippen LogP contribution in [0.5, 0.6) is 0 Å². The van der Waals surface area contributed by atoms with Gasteiger partial charge in [0.05, 0.1) is 5.56 Å². The number of carbonyl (C=O) groups excluding carboxylic acids is 1. The first kappa shape index (κ1) is 19.7. The summed E-state index contributed by atoms with van der Waals surface area (Å²) < 4.78 is 54.1. The Morgan fingerprint density at radius 3 is 2.62 bits per heavy atom. The van der Waals surface area contributed by atoms with Crippen molar-refractivity contribution in [1.29, 1.82) is 0 Å². The van der Waals surface area contributed by atoms with Gasteiger partial charge in [0.15, 0.2) is 0 Å². The van der Waals surface area contributed by atoms with E-state index in [0.29, 0.717) is 24.7 Å². The Hall–Kier alpha value is -2.62. The second-order valence-electron chi connectivity index (χ2n) is 6.58. The zero-order valence-electron chi connectivity index (χ0n) is 15.1. The van der Waals surface area contributed by atoms with Crippen LogP contribution in [0.25, 0.3) is 0 Å². The molecule has 3 aromatic rings. The molecule has 0 atom stereocenters. The highest BCUT2D eigenvalue weighted by atomic mass is 32.2. The lowest BCUT2D eigenvalue weighted by molar-refractivity contribution is 0.102. The molecule has 1 aromatic heterocycles. The van der Waals surface area contributed by atoms with Gasteiger partial charge in [0.2, 0.25) is 0 Å². The normalized spacial score (nSPS) is 14.4. The van der Waals surface area contributed by atoms with Crippen LogP contribution < -0.4 is 5.32 Å². The number of benzene rings is 2. The van der Waals surface area contributed by atoms with Crippen molar-refractivity contribution in [2.75, 3.05) is 11.9 Å². The zero-order valence-corrected chi connectivity index (χ0v) is 16.7. The number of nitrogens with one attached hydrogen (secondary N) is 1. The number of rotatable bonds is 4. The summed E-state index contributed by atoms with van der Waals surface area (Å²) in [4.78, 5) is 12.3. The Balaban J connectivity index is 1.55. The van der Waals surface area contributed by atoms with E-state index in [1.54, 1.807) is 29.6 Å². The molecule has 0 aliphatic carbocycles. The van der Waals surface area contributed by atoms with E-state index in [1.807, 2.05) is 6.07 Å². The van der Waals surface area contributed by atoms with Crippen molar-refractivity contribution < 1.29 is 22.0 Å². The van der Waals surface area contributed by atoms with Crippen molar-refractivity contribution in [3.63, 3.8) is 0 Å². The zero-order chi connectivity index (χ0) is 20.6. The van der Waals surface area contributed by atoms with Gasteiger partial charge in [-0.25, -0.2) is 17.2 Å². The maximum Gasteiger partial charge on any atom is 0.258 e. The monoisotopic (exact) mass is 434 g/mol. The van der Waals surface area contributed by atoms with E-state index in [2.05, 4.69) is 5.32 Å². The van der Waals surface area contributed by atoms with Gasteiger partial charge in [0.25, 0.3) is 15.9 Å². The van der Waals surface area contributed by atoms with E-state index in [-0.39, 0.29) is 16.3 Å². The molecule has 0 saturated heterocycles. The Kier molecular flexibility index (Phi) is 5.20. The predicted molar refractivity (Wildman–Crippen MR) is 106 cm³/mol. The average Bonchev–Trinajstić information content (AvgIpc) is 3.23. The van der Waals surface area contributed by atoms with Gasteiger partial charge in [-0.3, -0.25) is 4.79 Å². The number of thiophene rings is 1. The summed E-state index contributed by atoms with van der Waals surface area (Å²) in [5.41, 5.74) is 1.90. The van der Waals surface area contributed by atoms with E-state index in [4.69, 9.17) is 0 Å². The molecular weight excluding hydrogens is 418 g/mol. The summed E-state index contributed by atoms with van der Waals surface area (Å²) in [6.07, 6.45) is 0.556. The number of amides is 1. The maximum absolute atomic E-state index is 13.8. The fraction of sp³-hybridized carbons (Fsp3) is 0.150. The van der Waals surface area contributed by atoms with Gasteiger partial charge in [-0.15, -0.1) is 11.3 Å². The van der Waals surface area contributed by atoms with Crippen LogP contribution in [0.15, 0.2) is 58.1 Å². The highest BCUT2D eigenvalue weighted by Gasteiger charge is 2.29. The van der Waals surface area contributed by atoms with E-state index in [1.165, 1.54) is 15.6 Å². The van der Waals surface area contributed by atoms with Gasteiger partial charge < -0.3 is 5.32 Å². The lowest BCUT2D eigenvalue weighted by Gasteiger charge is -2.28. The molecular formula is C20H16F2N2O3S2. The molecule has 1 N–H and O–H groups in total. The number of sulfonamides is 1. The molecule has 4 rings (SSSR count). The average molecular weight is 434 g/mol. The Bertz CT molecular complexity index is 1180. The smallest absolute Gasteiger partial charge is 0.258 e. The van der Waals surface area contributed by atoms with Crippen molar-refractivity contribution in [3.05, 3.63) is 82.2 Å². The third-order valence-corrected chi connectivity index (χ3v) is 7.92. The molecule has 2 heterocycles. The lowest BCUT2D eigenvalue weighted by atomic mass is 10.0. The van der Waals surface area contributed by atoms with E-state index in [9.17, 15) is 22.0 Å². The van der Waals surface area contributed by atoms with Gasteiger partial charge in [-0.1, -0.05) is 12.1 Å². The first-order valence-corrected chi connectivity index (χ1v) is 11.1. The molecule has 29 heavy (non-hydrogen) atoms. The minimum absolute atomic E-state index is 0.185. The van der Waals surface area contributed by atoms with Crippen LogP contribution in [0.3, 0.4) is 0 Å². The fourth-order valence-electron chi connectivity index (χ4n) is 3.22. The molecule has 0 bridgehead atoms. The summed E-state index contributed by atoms with van der Waals surface area (Å²) in [5, 5.41) is 4.30. The van der Waals surface area contributed by atoms with E-state index >= 15 is 0 Å². The Labute approximate surface area is 170 Å². The van der Waals surface area contributed by atoms with Crippen LogP contribution in [-0.4, -0.2) is 25.2 Å². The lowest BCUT2D eigenvalue weighted by Crippen LogP contribution is -2.35. The van der Waals surface area contributed by atoms with Crippen molar-refractivity contribution in [3.8, 4) is 0 Å². The molecule has 0 radical (unpaired) electrons. The quantitative estimate of drug-likeness (QED) is 0.674. The number of anilines is 1. The van der Waals surface area contributed by atoms with Crippen molar-refractivity contribution in [1.82, 2.24) is 4.31 Å². The topological polar surface area (TPSA) is 66.5 Å². The maximum atomic E-state index is 13.8. The first-order valence-electron chi connectivity index (χ1n) is 8.76. The fourth-order valence-corrected chi connectivity index (χ4v) is 5.79. The second-order valence-corrected chi connectivity index (χ2v) is 9.69. The highest BCUT2D eigenvalue weighted by molar-refractivity contribution is 7.91. The summed E-state index contributed by atoms with van der Waals surface area (Å²) in [7, 11) is -3.57. The van der Waals surface area contributed by atoms with E-state index < -0.39 is 27.6 Å². The van der Waals surface area contributed by atoms with Crippen LogP contribution in [0.1, 0.15) is 21.5 Å². The SMILES string of the molecule is O=C(Nc1ccc2c(c1)CN(S(=O)(=O)c1cccs1)CC2)c1ccc(F)cc1F. The van der Waals surface area contributed by atoms with Crippen molar-refractivity contribution in [2.24, 2.45) is 0 Å². The van der Waals surface area contributed by atoms with Crippen molar-refractivity contribution >= 4 is 33.0 Å². The highest BCUT2D eigenvalue weighted by Crippen LogP contribution is 2.29. The number of fused-ring (bicyclic) bond motifs is 1. The first-order chi connectivity index (χ1) is 13.8. The minimum Gasteiger partial charge on any atom is -0.322 e. The second kappa shape index (κ2) is 7.66. The van der Waals surface area contributed by atoms with Gasteiger partial charge in [0.1, 0.15) is 15.8 Å². The van der Waals surface area contributed by atoms with Gasteiger partial charge in [0, 0.05) is 24.8 Å². The molecule has 1 aliphatic rings. The molecule has 0 spiro atoms. The molecule has 5 nitrogen and oxygen atoms in total. The van der Waals surface area contributed by atoms with Gasteiger partial charge in [-0.2, -0.15) is 4.31 Å². The van der Waals surface area contributed by atoms with E-state index in [0.717, 1.165) is 23.3 Å². The molecule has 150 valence electrons.